The Morgan fingerprint density at radius 2 is 1.85 bits per heavy atom. The molecule has 26 heavy (non-hydrogen) atoms. The number of thioether (sulfide) groups is 1. The fourth-order valence-electron chi connectivity index (χ4n) is 8.63. The Hall–Kier alpha value is -0.180. The third-order valence-electron chi connectivity index (χ3n) is 10.0. The molecule has 3 heteroatoms. The Morgan fingerprint density at radius 1 is 1.00 bits per heavy atom. The van der Waals surface area contributed by atoms with Gasteiger partial charge in [-0.3, -0.25) is 4.79 Å². The normalized spacial score (nSPS) is 53.3. The minimum Gasteiger partial charge on any atom is -0.327 e. The smallest absolute Gasteiger partial charge is 0.220 e. The molecule has 0 radical (unpaired) electrons. The van der Waals surface area contributed by atoms with E-state index >= 15 is 0 Å². The maximum Gasteiger partial charge on any atom is 0.220 e. The van der Waals surface area contributed by atoms with Gasteiger partial charge in [-0.15, -0.1) is 11.8 Å². The highest BCUT2D eigenvalue weighted by molar-refractivity contribution is 8.00. The highest BCUT2D eigenvalue weighted by Crippen LogP contribution is 2.68. The predicted octanol–water partition coefficient (Wildman–Crippen LogP) is 5.71. The zero-order valence-corrected chi connectivity index (χ0v) is 17.9. The van der Waals surface area contributed by atoms with Crippen LogP contribution >= 0.6 is 11.8 Å². The maximum atomic E-state index is 12.3. The average molecular weight is 376 g/mol. The fourth-order valence-corrected chi connectivity index (χ4v) is 10.2. The summed E-state index contributed by atoms with van der Waals surface area (Å²) in [5, 5.41) is 0. The summed E-state index contributed by atoms with van der Waals surface area (Å²) in [7, 11) is 0. The number of nitrogens with zero attached hydrogens (tertiary/aromatic N) is 1. The van der Waals surface area contributed by atoms with Crippen LogP contribution in [0.15, 0.2) is 0 Å². The lowest BCUT2D eigenvalue weighted by atomic mass is 9.45. The second-order valence-electron chi connectivity index (χ2n) is 10.9. The number of carbonyl (C=O) groups is 1. The van der Waals surface area contributed by atoms with Crippen molar-refractivity contribution < 1.29 is 4.79 Å². The average Bonchev–Trinajstić information content (AvgIpc) is 3.19. The Bertz CT molecular complexity index is 607. The molecular weight excluding hydrogens is 338 g/mol. The van der Waals surface area contributed by atoms with Crippen LogP contribution in [0.1, 0.15) is 85.0 Å². The van der Waals surface area contributed by atoms with Crippen molar-refractivity contribution in [2.75, 3.05) is 12.3 Å². The van der Waals surface area contributed by atoms with Gasteiger partial charge < -0.3 is 4.90 Å². The quantitative estimate of drug-likeness (QED) is 0.540. The molecule has 1 aliphatic heterocycles. The molecular formula is C23H37NOS. The Labute approximate surface area is 164 Å². The molecule has 4 saturated carbocycles. The monoisotopic (exact) mass is 375 g/mol. The molecule has 5 fully saturated rings. The minimum atomic E-state index is 0.152. The van der Waals surface area contributed by atoms with Gasteiger partial charge in [0, 0.05) is 19.2 Å². The van der Waals surface area contributed by atoms with Gasteiger partial charge in [0.25, 0.3) is 0 Å². The first-order valence-electron chi connectivity index (χ1n) is 11.3. The molecule has 1 amide bonds. The number of hydrogen-bond acceptors (Lipinski definition) is 2. The fraction of sp³-hybridized carbons (Fsp3) is 0.957. The number of hydrogen-bond donors (Lipinski definition) is 0. The molecule has 5 aliphatic rings. The number of rotatable bonds is 0. The molecule has 0 aromatic carbocycles. The lowest BCUT2D eigenvalue weighted by Crippen LogP contribution is -2.57. The molecule has 0 bridgehead atoms. The molecule has 2 nitrogen and oxygen atoms in total. The number of fused-ring (bicyclic) bond motifs is 5. The summed E-state index contributed by atoms with van der Waals surface area (Å²) in [5.74, 6) is 5.29. The van der Waals surface area contributed by atoms with Crippen molar-refractivity contribution in [1.82, 2.24) is 4.90 Å². The molecule has 0 N–H and O–H groups in total. The first kappa shape index (κ1) is 17.9. The van der Waals surface area contributed by atoms with Gasteiger partial charge in [-0.05, 0) is 92.3 Å². The van der Waals surface area contributed by atoms with E-state index < -0.39 is 0 Å². The Morgan fingerprint density at radius 3 is 2.65 bits per heavy atom. The van der Waals surface area contributed by atoms with Crippen LogP contribution < -0.4 is 0 Å². The van der Waals surface area contributed by atoms with Crippen LogP contribution in [-0.2, 0) is 4.79 Å². The van der Waals surface area contributed by atoms with Gasteiger partial charge in [-0.2, -0.15) is 0 Å². The van der Waals surface area contributed by atoms with Crippen molar-refractivity contribution in [3.8, 4) is 0 Å². The zero-order valence-electron chi connectivity index (χ0n) is 17.1. The summed E-state index contributed by atoms with van der Waals surface area (Å²) < 4.78 is 0. The van der Waals surface area contributed by atoms with E-state index in [2.05, 4.69) is 30.5 Å². The summed E-state index contributed by atoms with van der Waals surface area (Å²) in [6.07, 6.45) is 14.3. The van der Waals surface area contributed by atoms with E-state index in [0.29, 0.717) is 16.7 Å². The molecule has 4 aliphatic carbocycles. The topological polar surface area (TPSA) is 20.3 Å². The van der Waals surface area contributed by atoms with Crippen molar-refractivity contribution >= 4 is 17.7 Å². The summed E-state index contributed by atoms with van der Waals surface area (Å²) in [6.45, 7) is 8.05. The van der Waals surface area contributed by atoms with Gasteiger partial charge in [-0.25, -0.2) is 0 Å². The Balaban J connectivity index is 1.40. The summed E-state index contributed by atoms with van der Waals surface area (Å²) in [6, 6.07) is 0. The van der Waals surface area contributed by atoms with Gasteiger partial charge in [0.15, 0.2) is 0 Å². The molecule has 0 aromatic rings. The van der Waals surface area contributed by atoms with Crippen LogP contribution in [0.25, 0.3) is 0 Å². The maximum absolute atomic E-state index is 12.3. The van der Waals surface area contributed by atoms with Crippen molar-refractivity contribution in [2.24, 2.45) is 34.5 Å². The molecule has 1 spiro atoms. The third kappa shape index (κ3) is 2.34. The molecule has 1 saturated heterocycles. The van der Waals surface area contributed by atoms with Gasteiger partial charge in [0.2, 0.25) is 5.91 Å². The molecule has 0 aromatic heterocycles. The van der Waals surface area contributed by atoms with Gasteiger partial charge >= 0.3 is 0 Å². The van der Waals surface area contributed by atoms with Crippen molar-refractivity contribution in [1.29, 1.82) is 0 Å². The first-order valence-corrected chi connectivity index (χ1v) is 12.3. The van der Waals surface area contributed by atoms with E-state index in [4.69, 9.17) is 0 Å². The van der Waals surface area contributed by atoms with E-state index in [9.17, 15) is 4.79 Å². The van der Waals surface area contributed by atoms with Crippen LogP contribution in [0.5, 0.6) is 0 Å². The Kier molecular flexibility index (Phi) is 4.07. The highest BCUT2D eigenvalue weighted by Gasteiger charge is 2.61. The number of amides is 1. The highest BCUT2D eigenvalue weighted by atomic mass is 32.2. The van der Waals surface area contributed by atoms with Gasteiger partial charge in [0.05, 0.1) is 4.87 Å². The SMILES string of the molecule is CC(=O)N1CCSC12CC[C@@]1(C)[C@@H](CC[C@H]3[C@@H]4CCC[C@@]4(C)CC[C@@H]31)C2. The molecule has 1 heterocycles. The first-order chi connectivity index (χ1) is 12.4. The van der Waals surface area contributed by atoms with E-state index in [-0.39, 0.29) is 4.87 Å². The largest absolute Gasteiger partial charge is 0.327 e. The number of carbonyl (C=O) groups excluding carboxylic acids is 1. The van der Waals surface area contributed by atoms with E-state index in [0.717, 1.165) is 36.0 Å². The van der Waals surface area contributed by atoms with Crippen molar-refractivity contribution in [3.63, 3.8) is 0 Å². The standard InChI is InChI=1S/C23H37NOS/c1-16(25)24-13-14-26-23(24)12-11-22(3)17(15-23)6-7-18-19-5-4-9-21(19,2)10-8-20(18)22/h17-20H,4-15H2,1-3H3/t17-,18-,19-,20-,21-,22-,23?/m0/s1. The lowest BCUT2D eigenvalue weighted by Gasteiger charge is -2.62. The predicted molar refractivity (Wildman–Crippen MR) is 109 cm³/mol. The van der Waals surface area contributed by atoms with Crippen LogP contribution in [0.4, 0.5) is 0 Å². The van der Waals surface area contributed by atoms with E-state index in [1.807, 2.05) is 0 Å². The molecule has 1 unspecified atom stereocenters. The van der Waals surface area contributed by atoms with E-state index in [1.54, 1.807) is 6.92 Å². The third-order valence-corrected chi connectivity index (χ3v) is 11.5. The van der Waals surface area contributed by atoms with Crippen LogP contribution in [0.3, 0.4) is 0 Å². The second kappa shape index (κ2) is 5.91. The van der Waals surface area contributed by atoms with E-state index in [1.165, 1.54) is 64.2 Å². The van der Waals surface area contributed by atoms with Gasteiger partial charge in [0.1, 0.15) is 0 Å². The van der Waals surface area contributed by atoms with Crippen molar-refractivity contribution in [3.05, 3.63) is 0 Å². The van der Waals surface area contributed by atoms with Crippen LogP contribution in [-0.4, -0.2) is 28.0 Å². The lowest BCUT2D eigenvalue weighted by molar-refractivity contribution is -0.140. The second-order valence-corrected chi connectivity index (χ2v) is 12.4. The van der Waals surface area contributed by atoms with Crippen LogP contribution in [0, 0.1) is 34.5 Å². The minimum absolute atomic E-state index is 0.152. The van der Waals surface area contributed by atoms with Crippen molar-refractivity contribution in [2.45, 2.75) is 89.9 Å². The molecule has 5 rings (SSSR count). The molecule has 7 atom stereocenters. The summed E-state index contributed by atoms with van der Waals surface area (Å²) >= 11 is 2.11. The molecule has 146 valence electrons. The zero-order chi connectivity index (χ0) is 18.2. The summed E-state index contributed by atoms with van der Waals surface area (Å²) in [5.41, 5.74) is 1.22. The van der Waals surface area contributed by atoms with Gasteiger partial charge in [-0.1, -0.05) is 20.3 Å². The van der Waals surface area contributed by atoms with Crippen LogP contribution in [0.2, 0.25) is 0 Å². The summed E-state index contributed by atoms with van der Waals surface area (Å²) in [4.78, 5) is 14.7.